The Bertz CT molecular complexity index is 656. The predicted molar refractivity (Wildman–Crippen MR) is 73.9 cm³/mol. The van der Waals surface area contributed by atoms with Gasteiger partial charge >= 0.3 is 5.97 Å². The van der Waals surface area contributed by atoms with E-state index in [0.29, 0.717) is 5.56 Å². The topological polar surface area (TPSA) is 46.5 Å². The molecule has 0 bridgehead atoms. The van der Waals surface area contributed by atoms with E-state index in [9.17, 15) is 9.18 Å². The van der Waals surface area contributed by atoms with Crippen LogP contribution >= 0.6 is 11.6 Å². The minimum Gasteiger partial charge on any atom is -0.488 e. The first kappa shape index (κ1) is 14.3. The predicted octanol–water partition coefficient (Wildman–Crippen LogP) is 4.06. The van der Waals surface area contributed by atoms with E-state index in [1.54, 1.807) is 31.2 Å². The van der Waals surface area contributed by atoms with Crippen LogP contribution in [0.1, 0.15) is 21.5 Å². The van der Waals surface area contributed by atoms with Crippen LogP contribution in [0.4, 0.5) is 4.39 Å². The molecule has 0 heterocycles. The van der Waals surface area contributed by atoms with E-state index in [-0.39, 0.29) is 28.5 Å². The van der Waals surface area contributed by atoms with E-state index < -0.39 is 11.8 Å². The van der Waals surface area contributed by atoms with Crippen LogP contribution in [0.25, 0.3) is 0 Å². The number of carbonyl (C=O) groups is 1. The number of hydrogen-bond donors (Lipinski definition) is 1. The van der Waals surface area contributed by atoms with Gasteiger partial charge in [-0.05, 0) is 24.6 Å². The zero-order chi connectivity index (χ0) is 14.7. The van der Waals surface area contributed by atoms with Crippen LogP contribution in [0, 0.1) is 12.7 Å². The van der Waals surface area contributed by atoms with Gasteiger partial charge in [0.25, 0.3) is 0 Å². The van der Waals surface area contributed by atoms with Gasteiger partial charge in [-0.1, -0.05) is 35.9 Å². The number of benzene rings is 2. The summed E-state index contributed by atoms with van der Waals surface area (Å²) in [6, 6.07) is 9.40. The fourth-order valence-corrected chi connectivity index (χ4v) is 2.02. The Kier molecular flexibility index (Phi) is 4.25. The molecule has 0 saturated carbocycles. The van der Waals surface area contributed by atoms with E-state index in [4.69, 9.17) is 21.4 Å². The third-order valence-corrected chi connectivity index (χ3v) is 3.14. The van der Waals surface area contributed by atoms with Crippen LogP contribution in [-0.2, 0) is 6.61 Å². The maximum atomic E-state index is 13.7. The lowest BCUT2D eigenvalue weighted by molar-refractivity contribution is 0.0691. The summed E-state index contributed by atoms with van der Waals surface area (Å²) in [5.74, 6) is -1.41. The van der Waals surface area contributed by atoms with Crippen LogP contribution in [-0.4, -0.2) is 11.1 Å². The maximum absolute atomic E-state index is 13.7. The standard InChI is InChI=1S/C15H12ClFO3/c1-9-4-2-6-11(15(18)19)14(9)20-8-10-5-3-7-12(16)13(10)17/h2-7H,8H2,1H3,(H,18,19). The summed E-state index contributed by atoms with van der Waals surface area (Å²) in [5, 5.41) is 9.12. The molecule has 20 heavy (non-hydrogen) atoms. The van der Waals surface area contributed by atoms with Gasteiger partial charge in [0, 0.05) is 5.56 Å². The fraction of sp³-hybridized carbons (Fsp3) is 0.133. The van der Waals surface area contributed by atoms with Crippen molar-refractivity contribution < 1.29 is 19.0 Å². The minimum absolute atomic E-state index is 0.00865. The van der Waals surface area contributed by atoms with Crippen LogP contribution in [0.2, 0.25) is 5.02 Å². The van der Waals surface area contributed by atoms with Gasteiger partial charge in [0.15, 0.2) is 0 Å². The molecule has 2 aromatic carbocycles. The molecule has 5 heteroatoms. The van der Waals surface area contributed by atoms with Crippen molar-refractivity contribution in [1.29, 1.82) is 0 Å². The van der Waals surface area contributed by atoms with E-state index in [1.807, 2.05) is 0 Å². The van der Waals surface area contributed by atoms with Gasteiger partial charge in [-0.2, -0.15) is 0 Å². The smallest absolute Gasteiger partial charge is 0.339 e. The second-order valence-electron chi connectivity index (χ2n) is 4.26. The molecule has 0 aliphatic rings. The second-order valence-corrected chi connectivity index (χ2v) is 4.67. The van der Waals surface area contributed by atoms with E-state index >= 15 is 0 Å². The third kappa shape index (κ3) is 2.91. The largest absolute Gasteiger partial charge is 0.488 e. The number of halogens is 2. The third-order valence-electron chi connectivity index (χ3n) is 2.85. The summed E-state index contributed by atoms with van der Waals surface area (Å²) < 4.78 is 19.2. The van der Waals surface area contributed by atoms with Crippen molar-refractivity contribution in [3.63, 3.8) is 0 Å². The monoisotopic (exact) mass is 294 g/mol. The lowest BCUT2D eigenvalue weighted by Crippen LogP contribution is -2.06. The van der Waals surface area contributed by atoms with Crippen molar-refractivity contribution in [2.45, 2.75) is 13.5 Å². The summed E-state index contributed by atoms with van der Waals surface area (Å²) >= 11 is 5.68. The number of hydrogen-bond acceptors (Lipinski definition) is 2. The van der Waals surface area contributed by atoms with E-state index in [1.165, 1.54) is 12.1 Å². The molecule has 0 saturated heterocycles. The molecule has 0 atom stereocenters. The number of carboxylic acids is 1. The summed E-state index contributed by atoms with van der Waals surface area (Å²) in [4.78, 5) is 11.1. The zero-order valence-electron chi connectivity index (χ0n) is 10.7. The molecular formula is C15H12ClFO3. The SMILES string of the molecule is Cc1cccc(C(=O)O)c1OCc1cccc(Cl)c1F. The fourth-order valence-electron chi connectivity index (χ4n) is 1.82. The van der Waals surface area contributed by atoms with Crippen LogP contribution in [0.5, 0.6) is 5.75 Å². The molecule has 3 nitrogen and oxygen atoms in total. The van der Waals surface area contributed by atoms with Gasteiger partial charge in [-0.15, -0.1) is 0 Å². The molecule has 0 aromatic heterocycles. The normalized spacial score (nSPS) is 10.3. The van der Waals surface area contributed by atoms with Gasteiger partial charge in [0.1, 0.15) is 23.7 Å². The van der Waals surface area contributed by atoms with Crippen molar-refractivity contribution in [1.82, 2.24) is 0 Å². The molecule has 0 fully saturated rings. The molecule has 0 aliphatic heterocycles. The zero-order valence-corrected chi connectivity index (χ0v) is 11.4. The molecule has 0 unspecified atom stereocenters. The highest BCUT2D eigenvalue weighted by atomic mass is 35.5. The highest BCUT2D eigenvalue weighted by molar-refractivity contribution is 6.30. The Morgan fingerprint density at radius 3 is 2.70 bits per heavy atom. The van der Waals surface area contributed by atoms with Crippen molar-refractivity contribution in [3.05, 3.63) is 63.9 Å². The number of aryl methyl sites for hydroxylation is 1. The highest BCUT2D eigenvalue weighted by Crippen LogP contribution is 2.26. The average molecular weight is 295 g/mol. The molecule has 0 spiro atoms. The van der Waals surface area contributed by atoms with E-state index in [0.717, 1.165) is 0 Å². The Morgan fingerprint density at radius 1 is 1.30 bits per heavy atom. The first-order valence-corrected chi connectivity index (χ1v) is 6.27. The molecule has 0 radical (unpaired) electrons. The minimum atomic E-state index is -1.09. The van der Waals surface area contributed by atoms with E-state index in [2.05, 4.69) is 0 Å². The summed E-state index contributed by atoms with van der Waals surface area (Å²) in [6.07, 6.45) is 0. The number of rotatable bonds is 4. The first-order chi connectivity index (χ1) is 9.50. The van der Waals surface area contributed by atoms with Gasteiger partial charge in [0.05, 0.1) is 5.02 Å². The van der Waals surface area contributed by atoms with Gasteiger partial charge in [0.2, 0.25) is 0 Å². The quantitative estimate of drug-likeness (QED) is 0.925. The molecular weight excluding hydrogens is 283 g/mol. The Balaban J connectivity index is 2.27. The van der Waals surface area contributed by atoms with Crippen LogP contribution in [0.15, 0.2) is 36.4 Å². The lowest BCUT2D eigenvalue weighted by Gasteiger charge is -2.12. The lowest BCUT2D eigenvalue weighted by atomic mass is 10.1. The molecule has 2 rings (SSSR count). The molecule has 0 aliphatic carbocycles. The summed E-state index contributed by atoms with van der Waals surface area (Å²) in [7, 11) is 0. The molecule has 104 valence electrons. The van der Waals surface area contributed by atoms with Crippen molar-refractivity contribution >= 4 is 17.6 Å². The van der Waals surface area contributed by atoms with Crippen molar-refractivity contribution in [2.24, 2.45) is 0 Å². The first-order valence-electron chi connectivity index (χ1n) is 5.89. The summed E-state index contributed by atoms with van der Waals surface area (Å²) in [5.41, 5.74) is 0.997. The Morgan fingerprint density at radius 2 is 2.00 bits per heavy atom. The van der Waals surface area contributed by atoms with Crippen molar-refractivity contribution in [3.8, 4) is 5.75 Å². The average Bonchev–Trinajstić information content (AvgIpc) is 2.41. The number of carboxylic acid groups (broad SMARTS) is 1. The molecule has 0 amide bonds. The van der Waals surface area contributed by atoms with Crippen LogP contribution in [0.3, 0.4) is 0 Å². The second kappa shape index (κ2) is 5.92. The highest BCUT2D eigenvalue weighted by Gasteiger charge is 2.14. The molecule has 1 N–H and O–H groups in total. The number of para-hydroxylation sites is 1. The van der Waals surface area contributed by atoms with Gasteiger partial charge in [-0.25, -0.2) is 9.18 Å². The van der Waals surface area contributed by atoms with Gasteiger partial charge in [-0.3, -0.25) is 0 Å². The Hall–Kier alpha value is -2.07. The maximum Gasteiger partial charge on any atom is 0.339 e. The Labute approximate surface area is 120 Å². The van der Waals surface area contributed by atoms with Crippen molar-refractivity contribution in [2.75, 3.05) is 0 Å². The number of aromatic carboxylic acids is 1. The van der Waals surface area contributed by atoms with Crippen LogP contribution < -0.4 is 4.74 Å². The molecule has 2 aromatic rings. The summed E-state index contributed by atoms with van der Waals surface area (Å²) in [6.45, 7) is 1.65. The van der Waals surface area contributed by atoms with Gasteiger partial charge < -0.3 is 9.84 Å². The number of ether oxygens (including phenoxy) is 1.